The van der Waals surface area contributed by atoms with Crippen LogP contribution < -0.4 is 10.2 Å². The smallest absolute Gasteiger partial charge is 0.308 e. The van der Waals surface area contributed by atoms with Gasteiger partial charge in [0, 0.05) is 17.1 Å². The molecule has 0 aromatic heterocycles. The van der Waals surface area contributed by atoms with Gasteiger partial charge in [-0.1, -0.05) is 29.8 Å². The van der Waals surface area contributed by atoms with Crippen LogP contribution in [0.5, 0.6) is 0 Å². The van der Waals surface area contributed by atoms with Gasteiger partial charge in [0.2, 0.25) is 5.91 Å². The van der Waals surface area contributed by atoms with E-state index in [-0.39, 0.29) is 12.3 Å². The number of halogens is 1. The van der Waals surface area contributed by atoms with Gasteiger partial charge < -0.3 is 15.3 Å². The number of carboxylic acids is 1. The van der Waals surface area contributed by atoms with Crippen molar-refractivity contribution in [2.24, 2.45) is 5.92 Å². The average molecular weight is 343 g/mol. The van der Waals surface area contributed by atoms with Crippen molar-refractivity contribution in [2.75, 3.05) is 10.2 Å². The summed E-state index contributed by atoms with van der Waals surface area (Å²) >= 11 is 6.14. The monoisotopic (exact) mass is 342 g/mol. The molecule has 6 heteroatoms. The standard InChI is InChI=1S/C18H15ClN2O3/c19-10-5-7-14-15(9-10)21-16(22)8-6-12(18(23)24)17(21)11-3-1-2-4-13(11)20-14/h1-5,7,9,12,17,20H,6,8H2,(H,23,24)/t12-,17-/m1/s1. The number of rotatable bonds is 1. The molecule has 122 valence electrons. The van der Waals surface area contributed by atoms with Crippen LogP contribution in [0.3, 0.4) is 0 Å². The van der Waals surface area contributed by atoms with Gasteiger partial charge >= 0.3 is 5.97 Å². The Labute approximate surface area is 143 Å². The fourth-order valence-electron chi connectivity index (χ4n) is 3.61. The molecule has 2 N–H and O–H groups in total. The highest BCUT2D eigenvalue weighted by Gasteiger charge is 2.44. The van der Waals surface area contributed by atoms with Gasteiger partial charge in [0.25, 0.3) is 0 Å². The third kappa shape index (κ3) is 2.24. The van der Waals surface area contributed by atoms with Crippen LogP contribution in [0.4, 0.5) is 17.1 Å². The lowest BCUT2D eigenvalue weighted by molar-refractivity contribution is -0.144. The number of piperidine rings is 1. The van der Waals surface area contributed by atoms with E-state index in [2.05, 4.69) is 5.32 Å². The Bertz CT molecular complexity index is 852. The topological polar surface area (TPSA) is 69.6 Å². The molecule has 2 aromatic rings. The summed E-state index contributed by atoms with van der Waals surface area (Å²) < 4.78 is 0. The maximum atomic E-state index is 12.7. The van der Waals surface area contributed by atoms with E-state index < -0.39 is 17.9 Å². The molecule has 0 spiro atoms. The third-order valence-electron chi connectivity index (χ3n) is 4.68. The second-order valence-electron chi connectivity index (χ2n) is 6.07. The molecule has 2 aliphatic rings. The molecule has 4 rings (SSSR count). The van der Waals surface area contributed by atoms with Crippen LogP contribution in [0.2, 0.25) is 5.02 Å². The summed E-state index contributed by atoms with van der Waals surface area (Å²) in [5, 5.41) is 13.5. The summed E-state index contributed by atoms with van der Waals surface area (Å²) in [5.41, 5.74) is 2.99. The van der Waals surface area contributed by atoms with Crippen LogP contribution in [0.1, 0.15) is 24.4 Å². The Morgan fingerprint density at radius 3 is 2.79 bits per heavy atom. The van der Waals surface area contributed by atoms with Crippen molar-refractivity contribution in [3.8, 4) is 0 Å². The van der Waals surface area contributed by atoms with Crippen LogP contribution in [0.25, 0.3) is 0 Å². The second kappa shape index (κ2) is 5.53. The van der Waals surface area contributed by atoms with Gasteiger partial charge in [0.15, 0.2) is 0 Å². The number of carbonyl (C=O) groups is 2. The Morgan fingerprint density at radius 1 is 1.21 bits per heavy atom. The van der Waals surface area contributed by atoms with E-state index in [9.17, 15) is 14.7 Å². The lowest BCUT2D eigenvalue weighted by Crippen LogP contribution is -2.45. The van der Waals surface area contributed by atoms with Crippen molar-refractivity contribution in [3.63, 3.8) is 0 Å². The molecule has 0 aliphatic carbocycles. The number of para-hydroxylation sites is 1. The van der Waals surface area contributed by atoms with Crippen LogP contribution in [0, 0.1) is 5.92 Å². The van der Waals surface area contributed by atoms with Crippen LogP contribution in [-0.4, -0.2) is 17.0 Å². The van der Waals surface area contributed by atoms with Gasteiger partial charge in [0.05, 0.1) is 23.3 Å². The van der Waals surface area contributed by atoms with Crippen molar-refractivity contribution in [1.82, 2.24) is 0 Å². The molecule has 0 unspecified atom stereocenters. The number of hydrogen-bond donors (Lipinski definition) is 2. The molecule has 1 fully saturated rings. The van der Waals surface area contributed by atoms with Gasteiger partial charge in [-0.25, -0.2) is 0 Å². The Hall–Kier alpha value is -2.53. The van der Waals surface area contributed by atoms with Gasteiger partial charge in [-0.3, -0.25) is 9.59 Å². The van der Waals surface area contributed by atoms with Crippen molar-refractivity contribution in [1.29, 1.82) is 0 Å². The third-order valence-corrected chi connectivity index (χ3v) is 4.92. The number of anilines is 3. The first-order chi connectivity index (χ1) is 11.6. The summed E-state index contributed by atoms with van der Waals surface area (Å²) in [6, 6.07) is 12.2. The van der Waals surface area contributed by atoms with Crippen molar-refractivity contribution in [3.05, 3.63) is 53.1 Å². The van der Waals surface area contributed by atoms with Gasteiger partial charge in [-0.2, -0.15) is 0 Å². The van der Waals surface area contributed by atoms with Gasteiger partial charge in [-0.15, -0.1) is 0 Å². The number of aliphatic carboxylic acids is 1. The van der Waals surface area contributed by atoms with E-state index in [0.717, 1.165) is 16.9 Å². The number of carbonyl (C=O) groups excluding carboxylic acids is 1. The van der Waals surface area contributed by atoms with Crippen LogP contribution in [0.15, 0.2) is 42.5 Å². The lowest BCUT2D eigenvalue weighted by atomic mass is 9.83. The molecule has 24 heavy (non-hydrogen) atoms. The molecule has 2 aromatic carbocycles. The number of nitrogens with one attached hydrogen (secondary N) is 1. The number of carboxylic acid groups (broad SMARTS) is 1. The highest BCUT2D eigenvalue weighted by molar-refractivity contribution is 6.31. The summed E-state index contributed by atoms with van der Waals surface area (Å²) in [6.07, 6.45) is 0.543. The molecule has 2 aliphatic heterocycles. The van der Waals surface area contributed by atoms with E-state index in [1.807, 2.05) is 30.3 Å². The molecule has 0 radical (unpaired) electrons. The zero-order chi connectivity index (χ0) is 16.8. The lowest BCUT2D eigenvalue weighted by Gasteiger charge is -2.39. The van der Waals surface area contributed by atoms with Crippen LogP contribution in [-0.2, 0) is 9.59 Å². The highest BCUT2D eigenvalue weighted by atomic mass is 35.5. The minimum atomic E-state index is -0.891. The Balaban J connectivity index is 2.00. The fourth-order valence-corrected chi connectivity index (χ4v) is 3.78. The molecular weight excluding hydrogens is 328 g/mol. The van der Waals surface area contributed by atoms with Gasteiger partial charge in [0.1, 0.15) is 0 Å². The largest absolute Gasteiger partial charge is 0.481 e. The zero-order valence-electron chi connectivity index (χ0n) is 12.7. The average Bonchev–Trinajstić information content (AvgIpc) is 2.70. The molecular formula is C18H15ClN2O3. The van der Waals surface area contributed by atoms with E-state index in [0.29, 0.717) is 17.1 Å². The van der Waals surface area contributed by atoms with E-state index >= 15 is 0 Å². The number of benzene rings is 2. The quantitative estimate of drug-likeness (QED) is 0.822. The predicted octanol–water partition coefficient (Wildman–Crippen LogP) is 3.97. The minimum absolute atomic E-state index is 0.0838. The molecule has 2 atom stereocenters. The predicted molar refractivity (Wildman–Crippen MR) is 91.8 cm³/mol. The normalized spacial score (nSPS) is 21.9. The maximum Gasteiger partial charge on any atom is 0.308 e. The number of fused-ring (bicyclic) bond motifs is 5. The number of hydrogen-bond acceptors (Lipinski definition) is 3. The van der Waals surface area contributed by atoms with E-state index in [1.54, 1.807) is 17.0 Å². The van der Waals surface area contributed by atoms with Crippen molar-refractivity contribution >= 4 is 40.5 Å². The highest BCUT2D eigenvalue weighted by Crippen LogP contribution is 2.48. The minimum Gasteiger partial charge on any atom is -0.481 e. The van der Waals surface area contributed by atoms with Gasteiger partial charge in [-0.05, 0) is 36.2 Å². The number of amides is 1. The summed E-state index contributed by atoms with van der Waals surface area (Å²) in [6.45, 7) is 0. The maximum absolute atomic E-state index is 12.7. The molecule has 1 amide bonds. The molecule has 1 saturated heterocycles. The number of nitrogens with zero attached hydrogens (tertiary/aromatic N) is 1. The molecule has 5 nitrogen and oxygen atoms in total. The first kappa shape index (κ1) is 15.0. The summed E-state index contributed by atoms with van der Waals surface area (Å²) in [7, 11) is 0. The molecule has 0 saturated carbocycles. The summed E-state index contributed by atoms with van der Waals surface area (Å²) in [5.74, 6) is -1.63. The Morgan fingerprint density at radius 2 is 2.00 bits per heavy atom. The Kier molecular flexibility index (Phi) is 3.46. The van der Waals surface area contributed by atoms with Crippen LogP contribution >= 0.6 is 11.6 Å². The van der Waals surface area contributed by atoms with E-state index in [4.69, 9.17) is 11.6 Å². The summed E-state index contributed by atoms with van der Waals surface area (Å²) in [4.78, 5) is 26.1. The first-order valence-electron chi connectivity index (χ1n) is 7.76. The first-order valence-corrected chi connectivity index (χ1v) is 8.14. The molecule has 2 heterocycles. The zero-order valence-corrected chi connectivity index (χ0v) is 13.5. The fraction of sp³-hybridized carbons (Fsp3) is 0.222. The van der Waals surface area contributed by atoms with Crippen molar-refractivity contribution in [2.45, 2.75) is 18.9 Å². The molecule has 0 bridgehead atoms. The van der Waals surface area contributed by atoms with E-state index in [1.165, 1.54) is 0 Å². The van der Waals surface area contributed by atoms with Crippen molar-refractivity contribution < 1.29 is 14.7 Å². The SMILES string of the molecule is O=C(O)[C@@H]1CCC(=O)N2c3cc(Cl)ccc3Nc3ccccc3[C@H]12. The second-order valence-corrected chi connectivity index (χ2v) is 6.50.